The lowest BCUT2D eigenvalue weighted by Crippen LogP contribution is -2.03. The van der Waals surface area contributed by atoms with Crippen LogP contribution in [-0.4, -0.2) is 4.40 Å². The van der Waals surface area contributed by atoms with Crippen molar-refractivity contribution in [2.45, 2.75) is 12.8 Å². The molecule has 0 bridgehead atoms. The van der Waals surface area contributed by atoms with Crippen LogP contribution in [0.25, 0.3) is 88.0 Å². The van der Waals surface area contributed by atoms with E-state index in [2.05, 4.69) is 144 Å². The number of hydrogen-bond acceptors (Lipinski definition) is 0. The van der Waals surface area contributed by atoms with Gasteiger partial charge >= 0.3 is 0 Å². The quantitative estimate of drug-likeness (QED) is 0.203. The molecule has 0 unspecified atom stereocenters. The van der Waals surface area contributed by atoms with Gasteiger partial charge in [0, 0.05) is 21.5 Å². The smallest absolute Gasteiger partial charge is 0.0620 e. The number of rotatable bonds is 2. The van der Waals surface area contributed by atoms with Gasteiger partial charge in [-0.05, 0) is 79.9 Å². The fraction of sp³-hybridized carbons (Fsp3) is 0.0476. The zero-order chi connectivity index (χ0) is 28.1. The molecule has 0 N–H and O–H groups in total. The Labute approximate surface area is 249 Å². The van der Waals surface area contributed by atoms with E-state index in [0.29, 0.717) is 0 Å². The predicted molar refractivity (Wildman–Crippen MR) is 184 cm³/mol. The Hall–Kier alpha value is -5.40. The topological polar surface area (TPSA) is 4.41 Å². The highest BCUT2D eigenvalue weighted by molar-refractivity contribution is 6.24. The summed E-state index contributed by atoms with van der Waals surface area (Å²) in [5.74, 6) is 0. The molecule has 0 fully saturated rings. The third-order valence-electron chi connectivity index (χ3n) is 9.78. The first kappa shape index (κ1) is 23.2. The van der Waals surface area contributed by atoms with E-state index in [1.165, 1.54) is 93.0 Å². The van der Waals surface area contributed by atoms with Gasteiger partial charge < -0.3 is 4.40 Å². The van der Waals surface area contributed by atoms with Gasteiger partial charge in [0.2, 0.25) is 0 Å². The van der Waals surface area contributed by atoms with E-state index in [9.17, 15) is 0 Å². The van der Waals surface area contributed by atoms with Gasteiger partial charge in [-0.25, -0.2) is 0 Å². The van der Waals surface area contributed by atoms with Crippen LogP contribution in [0.3, 0.4) is 0 Å². The maximum atomic E-state index is 2.49. The molecule has 0 radical (unpaired) electrons. The molecular formula is C42H27N. The largest absolute Gasteiger partial charge is 0.308 e. The van der Waals surface area contributed by atoms with Gasteiger partial charge in [-0.3, -0.25) is 0 Å². The SMILES string of the molecule is C1=Cc2c(c(-c3cccc4ccccc34)c3ccccc3c2-c2ccc3c4cccc5c6ccccc6n(c3c2)c54)CC1. The number of fused-ring (bicyclic) bond motifs is 9. The van der Waals surface area contributed by atoms with Gasteiger partial charge in [0.15, 0.2) is 0 Å². The van der Waals surface area contributed by atoms with Crippen LogP contribution in [-0.2, 0) is 6.42 Å². The van der Waals surface area contributed by atoms with E-state index in [1.807, 2.05) is 0 Å². The maximum absolute atomic E-state index is 2.49. The van der Waals surface area contributed by atoms with Gasteiger partial charge in [-0.1, -0.05) is 127 Å². The van der Waals surface area contributed by atoms with Crippen LogP contribution in [0, 0.1) is 0 Å². The highest BCUT2D eigenvalue weighted by Gasteiger charge is 2.24. The summed E-state index contributed by atoms with van der Waals surface area (Å²) in [7, 11) is 0. The molecule has 2 aromatic heterocycles. The van der Waals surface area contributed by atoms with E-state index >= 15 is 0 Å². The molecule has 7 aromatic carbocycles. The Balaban J connectivity index is 1.34. The van der Waals surface area contributed by atoms with Gasteiger partial charge in [0.1, 0.15) is 0 Å². The zero-order valence-electron chi connectivity index (χ0n) is 23.6. The summed E-state index contributed by atoms with van der Waals surface area (Å²) in [5, 5.41) is 10.5. The van der Waals surface area contributed by atoms with E-state index in [0.717, 1.165) is 12.8 Å². The Morgan fingerprint density at radius 1 is 0.488 bits per heavy atom. The van der Waals surface area contributed by atoms with E-state index in [4.69, 9.17) is 0 Å². The second-order valence-electron chi connectivity index (χ2n) is 11.9. The molecular weight excluding hydrogens is 518 g/mol. The number of aromatic nitrogens is 1. The van der Waals surface area contributed by atoms with E-state index in [1.54, 1.807) is 0 Å². The molecule has 0 amide bonds. The van der Waals surface area contributed by atoms with Crippen LogP contribution in [0.15, 0.2) is 133 Å². The summed E-state index contributed by atoms with van der Waals surface area (Å²) in [6.45, 7) is 0. The molecule has 1 nitrogen and oxygen atoms in total. The number of allylic oxidation sites excluding steroid dienone is 1. The van der Waals surface area contributed by atoms with Crippen LogP contribution in [0.4, 0.5) is 0 Å². The third kappa shape index (κ3) is 3.06. The number of para-hydroxylation sites is 2. The Morgan fingerprint density at radius 3 is 2.00 bits per heavy atom. The molecule has 9 aromatic rings. The van der Waals surface area contributed by atoms with Crippen molar-refractivity contribution in [1.29, 1.82) is 0 Å². The molecule has 0 saturated heterocycles. The van der Waals surface area contributed by atoms with Crippen LogP contribution in [0.1, 0.15) is 17.5 Å². The molecule has 2 heterocycles. The Bertz CT molecular complexity index is 2610. The van der Waals surface area contributed by atoms with Crippen molar-refractivity contribution in [3.05, 3.63) is 145 Å². The summed E-state index contributed by atoms with van der Waals surface area (Å²) in [6.07, 6.45) is 6.86. The standard InChI is InChI=1S/C42H27N/c1-2-13-28-26(11-1)12-9-19-31(28)41-34-17-5-3-15-32(34)40(33-16-4-6-18-35(33)41)27-23-24-30-37-21-10-20-36-29-14-7-8-22-38(29)43(42(36)37)39(30)25-27/h1-5,7-17,19-25H,6,18H2. The van der Waals surface area contributed by atoms with Crippen molar-refractivity contribution in [3.63, 3.8) is 0 Å². The normalized spacial score (nSPS) is 13.3. The predicted octanol–water partition coefficient (Wildman–Crippen LogP) is 11.4. The van der Waals surface area contributed by atoms with Crippen molar-refractivity contribution in [1.82, 2.24) is 4.40 Å². The Kier molecular flexibility index (Phi) is 4.62. The molecule has 1 aliphatic carbocycles. The molecule has 43 heavy (non-hydrogen) atoms. The van der Waals surface area contributed by atoms with Gasteiger partial charge in [-0.2, -0.15) is 0 Å². The molecule has 1 aliphatic rings. The second-order valence-corrected chi connectivity index (χ2v) is 11.9. The average Bonchev–Trinajstić information content (AvgIpc) is 3.59. The molecule has 200 valence electrons. The maximum Gasteiger partial charge on any atom is 0.0620 e. The summed E-state index contributed by atoms with van der Waals surface area (Å²) < 4.78 is 2.49. The van der Waals surface area contributed by atoms with Crippen LogP contribution in [0.5, 0.6) is 0 Å². The van der Waals surface area contributed by atoms with E-state index in [-0.39, 0.29) is 0 Å². The highest BCUT2D eigenvalue weighted by Crippen LogP contribution is 2.47. The minimum absolute atomic E-state index is 1.04. The lowest BCUT2D eigenvalue weighted by atomic mass is 9.79. The summed E-state index contributed by atoms with van der Waals surface area (Å²) >= 11 is 0. The number of hydrogen-bond donors (Lipinski definition) is 0. The Morgan fingerprint density at radius 2 is 1.14 bits per heavy atom. The van der Waals surface area contributed by atoms with Crippen LogP contribution >= 0.6 is 0 Å². The fourth-order valence-corrected chi connectivity index (χ4v) is 8.03. The summed E-state index contributed by atoms with van der Waals surface area (Å²) in [5.41, 5.74) is 12.1. The monoisotopic (exact) mass is 545 g/mol. The van der Waals surface area contributed by atoms with Gasteiger partial charge in [-0.15, -0.1) is 0 Å². The fourth-order valence-electron chi connectivity index (χ4n) is 8.03. The van der Waals surface area contributed by atoms with Crippen molar-refractivity contribution in [2.75, 3.05) is 0 Å². The van der Waals surface area contributed by atoms with Gasteiger partial charge in [0.05, 0.1) is 16.6 Å². The van der Waals surface area contributed by atoms with E-state index < -0.39 is 0 Å². The summed E-state index contributed by atoms with van der Waals surface area (Å²) in [6, 6.07) is 47.4. The molecule has 0 atom stereocenters. The summed E-state index contributed by atoms with van der Waals surface area (Å²) in [4.78, 5) is 0. The molecule has 1 heteroatoms. The second kappa shape index (κ2) is 8.56. The first-order valence-corrected chi connectivity index (χ1v) is 15.3. The van der Waals surface area contributed by atoms with Crippen molar-refractivity contribution in [2.24, 2.45) is 0 Å². The van der Waals surface area contributed by atoms with Gasteiger partial charge in [0.25, 0.3) is 0 Å². The highest BCUT2D eigenvalue weighted by atomic mass is 14.9. The number of nitrogens with zero attached hydrogens (tertiary/aromatic N) is 1. The minimum Gasteiger partial charge on any atom is -0.308 e. The molecule has 0 spiro atoms. The third-order valence-corrected chi connectivity index (χ3v) is 9.78. The number of benzene rings is 7. The van der Waals surface area contributed by atoms with Crippen molar-refractivity contribution in [3.8, 4) is 22.3 Å². The first-order valence-electron chi connectivity index (χ1n) is 15.3. The molecule has 10 rings (SSSR count). The lowest BCUT2D eigenvalue weighted by molar-refractivity contribution is 0.992. The molecule has 0 aliphatic heterocycles. The zero-order valence-corrected chi connectivity index (χ0v) is 23.6. The average molecular weight is 546 g/mol. The van der Waals surface area contributed by atoms with Crippen LogP contribution in [0.2, 0.25) is 0 Å². The lowest BCUT2D eigenvalue weighted by Gasteiger charge is -2.24. The van der Waals surface area contributed by atoms with Crippen LogP contribution < -0.4 is 0 Å². The van der Waals surface area contributed by atoms with Crippen molar-refractivity contribution < 1.29 is 0 Å². The molecule has 0 saturated carbocycles. The first-order chi connectivity index (χ1) is 21.4. The van der Waals surface area contributed by atoms with Crippen molar-refractivity contribution >= 4 is 65.7 Å². The minimum atomic E-state index is 1.04.